The molecule has 1 heterocycles. The highest BCUT2D eigenvalue weighted by Crippen LogP contribution is 2.30. The largest absolute Gasteiger partial charge is 0.463 e. The monoisotopic (exact) mass is 279 g/mol. The first-order chi connectivity index (χ1) is 7.72. The summed E-state index contributed by atoms with van der Waals surface area (Å²) >= 11 is 3.47. The smallest absolute Gasteiger partial charge is 0.148 e. The Kier molecular flexibility index (Phi) is 3.46. The van der Waals surface area contributed by atoms with Gasteiger partial charge in [0.2, 0.25) is 0 Å². The topological polar surface area (TPSA) is 25.2 Å². The number of nitrogens with one attached hydrogen (secondary N) is 1. The molecule has 0 aliphatic rings. The molecule has 2 aromatic rings. The Morgan fingerprint density at radius 2 is 2.12 bits per heavy atom. The van der Waals surface area contributed by atoms with Crippen molar-refractivity contribution in [3.63, 3.8) is 0 Å². The van der Waals surface area contributed by atoms with E-state index in [2.05, 4.69) is 46.4 Å². The van der Waals surface area contributed by atoms with Crippen molar-refractivity contribution < 1.29 is 4.42 Å². The maximum atomic E-state index is 5.45. The molecule has 1 N–H and O–H groups in total. The minimum Gasteiger partial charge on any atom is -0.463 e. The van der Waals surface area contributed by atoms with Crippen LogP contribution in [0.1, 0.15) is 18.5 Å². The Labute approximate surface area is 104 Å². The Morgan fingerprint density at radius 1 is 1.31 bits per heavy atom. The lowest BCUT2D eigenvalue weighted by atomic mass is 10.0. The van der Waals surface area contributed by atoms with E-state index in [0.717, 1.165) is 15.8 Å². The second kappa shape index (κ2) is 4.85. The summed E-state index contributed by atoms with van der Waals surface area (Å²) in [4.78, 5) is 0. The molecule has 0 radical (unpaired) electrons. The molecule has 2 nitrogen and oxygen atoms in total. The van der Waals surface area contributed by atoms with Gasteiger partial charge in [0, 0.05) is 11.6 Å². The van der Waals surface area contributed by atoms with Gasteiger partial charge in [-0.3, -0.25) is 0 Å². The number of hydrogen-bond acceptors (Lipinski definition) is 2. The van der Waals surface area contributed by atoms with Crippen LogP contribution < -0.4 is 5.32 Å². The summed E-state index contributed by atoms with van der Waals surface area (Å²) in [5.41, 5.74) is 2.35. The van der Waals surface area contributed by atoms with Crippen LogP contribution in [-0.2, 0) is 0 Å². The normalized spacial score (nSPS) is 12.7. The zero-order valence-corrected chi connectivity index (χ0v) is 10.9. The van der Waals surface area contributed by atoms with E-state index in [1.165, 1.54) is 5.56 Å². The van der Waals surface area contributed by atoms with Gasteiger partial charge in [0.05, 0.1) is 10.7 Å². The molecular formula is C13H14BrNO. The van der Waals surface area contributed by atoms with Crippen molar-refractivity contribution in [3.8, 4) is 11.3 Å². The lowest BCUT2D eigenvalue weighted by Crippen LogP contribution is -2.12. The molecule has 0 saturated heterocycles. The lowest BCUT2D eigenvalue weighted by molar-refractivity contribution is 0.580. The first-order valence-corrected chi connectivity index (χ1v) is 6.02. The molecule has 16 heavy (non-hydrogen) atoms. The van der Waals surface area contributed by atoms with Crippen LogP contribution in [0.25, 0.3) is 11.3 Å². The van der Waals surface area contributed by atoms with Crippen LogP contribution in [0.4, 0.5) is 0 Å². The standard InChI is InChI=1S/C13H14BrNO/c1-9(15-2)10-4-3-5-11(8-10)13-12(14)6-7-16-13/h3-9,15H,1-2H3. The van der Waals surface area contributed by atoms with E-state index in [1.54, 1.807) is 6.26 Å². The molecule has 0 fully saturated rings. The van der Waals surface area contributed by atoms with Crippen LogP contribution >= 0.6 is 15.9 Å². The van der Waals surface area contributed by atoms with Crippen molar-refractivity contribution in [2.75, 3.05) is 7.05 Å². The summed E-state index contributed by atoms with van der Waals surface area (Å²) in [6, 6.07) is 10.6. The third-order valence-corrected chi connectivity index (χ3v) is 3.32. The van der Waals surface area contributed by atoms with Crippen molar-refractivity contribution >= 4 is 15.9 Å². The molecule has 0 amide bonds. The number of furan rings is 1. The average molecular weight is 280 g/mol. The Bertz CT molecular complexity index is 478. The fraction of sp³-hybridized carbons (Fsp3) is 0.231. The number of halogens is 1. The van der Waals surface area contributed by atoms with E-state index in [-0.39, 0.29) is 0 Å². The van der Waals surface area contributed by atoms with E-state index in [9.17, 15) is 0 Å². The van der Waals surface area contributed by atoms with E-state index < -0.39 is 0 Å². The summed E-state index contributed by atoms with van der Waals surface area (Å²) in [5.74, 6) is 0.880. The maximum absolute atomic E-state index is 5.45. The van der Waals surface area contributed by atoms with Gasteiger partial charge in [-0.1, -0.05) is 18.2 Å². The highest BCUT2D eigenvalue weighted by atomic mass is 79.9. The van der Waals surface area contributed by atoms with E-state index in [1.807, 2.05) is 19.2 Å². The van der Waals surface area contributed by atoms with Crippen molar-refractivity contribution in [1.29, 1.82) is 0 Å². The highest BCUT2D eigenvalue weighted by Gasteiger charge is 2.09. The molecule has 3 heteroatoms. The lowest BCUT2D eigenvalue weighted by Gasteiger charge is -2.11. The van der Waals surface area contributed by atoms with Gasteiger partial charge in [-0.2, -0.15) is 0 Å². The Morgan fingerprint density at radius 3 is 2.75 bits per heavy atom. The fourth-order valence-electron chi connectivity index (χ4n) is 1.62. The van der Waals surface area contributed by atoms with Crippen LogP contribution in [0.15, 0.2) is 45.5 Å². The maximum Gasteiger partial charge on any atom is 0.148 e. The minimum absolute atomic E-state index is 0.341. The molecule has 2 rings (SSSR count). The summed E-state index contributed by atoms with van der Waals surface area (Å²) in [7, 11) is 1.96. The Balaban J connectivity index is 2.40. The van der Waals surface area contributed by atoms with Gasteiger partial charge in [-0.05, 0) is 47.6 Å². The van der Waals surface area contributed by atoms with Crippen LogP contribution in [0, 0.1) is 0 Å². The van der Waals surface area contributed by atoms with Crippen molar-refractivity contribution in [2.24, 2.45) is 0 Å². The van der Waals surface area contributed by atoms with Gasteiger partial charge in [-0.25, -0.2) is 0 Å². The van der Waals surface area contributed by atoms with Crippen LogP contribution in [-0.4, -0.2) is 7.05 Å². The summed E-state index contributed by atoms with van der Waals surface area (Å²) < 4.78 is 6.44. The summed E-state index contributed by atoms with van der Waals surface area (Å²) in [6.07, 6.45) is 1.69. The molecule has 0 spiro atoms. The average Bonchev–Trinajstić information content (AvgIpc) is 2.74. The van der Waals surface area contributed by atoms with E-state index in [0.29, 0.717) is 6.04 Å². The van der Waals surface area contributed by atoms with Gasteiger partial charge in [0.15, 0.2) is 0 Å². The zero-order valence-electron chi connectivity index (χ0n) is 9.33. The molecule has 1 aromatic heterocycles. The van der Waals surface area contributed by atoms with Gasteiger partial charge in [0.1, 0.15) is 5.76 Å². The van der Waals surface area contributed by atoms with Gasteiger partial charge in [-0.15, -0.1) is 0 Å². The molecule has 0 bridgehead atoms. The predicted molar refractivity (Wildman–Crippen MR) is 69.3 cm³/mol. The van der Waals surface area contributed by atoms with Crippen molar-refractivity contribution in [3.05, 3.63) is 46.6 Å². The van der Waals surface area contributed by atoms with Crippen molar-refractivity contribution in [1.82, 2.24) is 5.32 Å². The fourth-order valence-corrected chi connectivity index (χ4v) is 2.05. The van der Waals surface area contributed by atoms with Gasteiger partial charge in [0.25, 0.3) is 0 Å². The highest BCUT2D eigenvalue weighted by molar-refractivity contribution is 9.10. The second-order valence-corrected chi connectivity index (χ2v) is 4.59. The zero-order chi connectivity index (χ0) is 11.5. The quantitative estimate of drug-likeness (QED) is 0.919. The first-order valence-electron chi connectivity index (χ1n) is 5.23. The molecule has 1 unspecified atom stereocenters. The van der Waals surface area contributed by atoms with E-state index >= 15 is 0 Å². The van der Waals surface area contributed by atoms with Gasteiger partial charge < -0.3 is 9.73 Å². The van der Waals surface area contributed by atoms with E-state index in [4.69, 9.17) is 4.42 Å². The molecule has 0 aliphatic heterocycles. The summed E-state index contributed by atoms with van der Waals surface area (Å²) in [5, 5.41) is 3.23. The third kappa shape index (κ3) is 2.20. The SMILES string of the molecule is CNC(C)c1cccc(-c2occc2Br)c1. The molecular weight excluding hydrogens is 266 g/mol. The summed E-state index contributed by atoms with van der Waals surface area (Å²) in [6.45, 7) is 2.14. The minimum atomic E-state index is 0.341. The van der Waals surface area contributed by atoms with Crippen LogP contribution in [0.3, 0.4) is 0 Å². The molecule has 1 atom stereocenters. The molecule has 0 saturated carbocycles. The Hall–Kier alpha value is -1.06. The molecule has 0 aliphatic carbocycles. The predicted octanol–water partition coefficient (Wildman–Crippen LogP) is 3.99. The van der Waals surface area contributed by atoms with Crippen molar-refractivity contribution in [2.45, 2.75) is 13.0 Å². The number of rotatable bonds is 3. The third-order valence-electron chi connectivity index (χ3n) is 2.70. The molecule has 1 aromatic carbocycles. The van der Waals surface area contributed by atoms with Gasteiger partial charge >= 0.3 is 0 Å². The number of hydrogen-bond donors (Lipinski definition) is 1. The van der Waals surface area contributed by atoms with Crippen LogP contribution in [0.2, 0.25) is 0 Å². The second-order valence-electron chi connectivity index (χ2n) is 3.73. The number of benzene rings is 1. The first kappa shape index (κ1) is 11.4. The molecule has 84 valence electrons. The van der Waals surface area contributed by atoms with Crippen LogP contribution in [0.5, 0.6) is 0 Å².